The van der Waals surface area contributed by atoms with Crippen molar-refractivity contribution in [1.82, 2.24) is 20.1 Å². The molecule has 0 spiro atoms. The standard InChI is InChI=1S/C15H22N4/c1-15(2,3)12-8-6-11(7-9-12)14-18-17-13(10-16-4)19(14)5/h6-9,16H,10H2,1-5H3. The number of benzene rings is 1. The van der Waals surface area contributed by atoms with Crippen molar-refractivity contribution in [2.75, 3.05) is 7.05 Å². The summed E-state index contributed by atoms with van der Waals surface area (Å²) in [4.78, 5) is 0. The van der Waals surface area contributed by atoms with Gasteiger partial charge in [-0.25, -0.2) is 0 Å². The zero-order valence-electron chi connectivity index (χ0n) is 12.4. The van der Waals surface area contributed by atoms with Crippen LogP contribution in [0.25, 0.3) is 11.4 Å². The Hall–Kier alpha value is -1.68. The van der Waals surface area contributed by atoms with Crippen molar-refractivity contribution < 1.29 is 0 Å². The number of hydrogen-bond acceptors (Lipinski definition) is 3. The zero-order chi connectivity index (χ0) is 14.0. The van der Waals surface area contributed by atoms with Crippen molar-refractivity contribution in [3.05, 3.63) is 35.7 Å². The van der Waals surface area contributed by atoms with Crippen LogP contribution in [0.15, 0.2) is 24.3 Å². The van der Waals surface area contributed by atoms with E-state index in [1.54, 1.807) is 0 Å². The molecule has 0 amide bonds. The maximum absolute atomic E-state index is 4.27. The van der Waals surface area contributed by atoms with Gasteiger partial charge in [0.15, 0.2) is 5.82 Å². The van der Waals surface area contributed by atoms with Crippen LogP contribution in [0.1, 0.15) is 32.2 Å². The minimum absolute atomic E-state index is 0.176. The van der Waals surface area contributed by atoms with E-state index in [1.165, 1.54) is 5.56 Å². The van der Waals surface area contributed by atoms with Gasteiger partial charge in [-0.1, -0.05) is 45.0 Å². The van der Waals surface area contributed by atoms with Crippen LogP contribution in [-0.2, 0) is 19.0 Å². The fourth-order valence-corrected chi connectivity index (χ4v) is 2.04. The lowest BCUT2D eigenvalue weighted by Crippen LogP contribution is -2.11. The molecule has 19 heavy (non-hydrogen) atoms. The van der Waals surface area contributed by atoms with Crippen molar-refractivity contribution in [2.24, 2.45) is 7.05 Å². The molecule has 2 rings (SSSR count). The third-order valence-corrected chi connectivity index (χ3v) is 3.31. The van der Waals surface area contributed by atoms with E-state index in [9.17, 15) is 0 Å². The van der Waals surface area contributed by atoms with Gasteiger partial charge in [-0.05, 0) is 18.0 Å². The molecule has 0 fully saturated rings. The summed E-state index contributed by atoms with van der Waals surface area (Å²) in [5.74, 6) is 1.85. The molecular formula is C15H22N4. The Balaban J connectivity index is 2.32. The Morgan fingerprint density at radius 3 is 2.26 bits per heavy atom. The van der Waals surface area contributed by atoms with E-state index in [4.69, 9.17) is 0 Å². The lowest BCUT2D eigenvalue weighted by molar-refractivity contribution is 0.590. The number of hydrogen-bond donors (Lipinski definition) is 1. The summed E-state index contributed by atoms with van der Waals surface area (Å²) in [6, 6.07) is 8.57. The first-order valence-corrected chi connectivity index (χ1v) is 6.57. The van der Waals surface area contributed by atoms with Crippen LogP contribution in [0, 0.1) is 0 Å². The average molecular weight is 258 g/mol. The van der Waals surface area contributed by atoms with Crippen LogP contribution in [-0.4, -0.2) is 21.8 Å². The summed E-state index contributed by atoms with van der Waals surface area (Å²) < 4.78 is 2.03. The second-order valence-electron chi connectivity index (χ2n) is 5.86. The molecule has 0 saturated heterocycles. The predicted octanol–water partition coefficient (Wildman–Crippen LogP) is 2.50. The van der Waals surface area contributed by atoms with Crippen LogP contribution in [0.2, 0.25) is 0 Å². The fraction of sp³-hybridized carbons (Fsp3) is 0.467. The molecule has 0 aliphatic carbocycles. The molecule has 4 heteroatoms. The lowest BCUT2D eigenvalue weighted by Gasteiger charge is -2.19. The second-order valence-corrected chi connectivity index (χ2v) is 5.86. The summed E-state index contributed by atoms with van der Waals surface area (Å²) in [7, 11) is 3.91. The van der Waals surface area contributed by atoms with E-state index in [0.717, 1.165) is 23.8 Å². The summed E-state index contributed by atoms with van der Waals surface area (Å²) in [6.45, 7) is 7.38. The van der Waals surface area contributed by atoms with Gasteiger partial charge < -0.3 is 9.88 Å². The molecule has 1 aromatic carbocycles. The highest BCUT2D eigenvalue weighted by Gasteiger charge is 2.15. The van der Waals surface area contributed by atoms with Crippen molar-refractivity contribution in [3.63, 3.8) is 0 Å². The largest absolute Gasteiger partial charge is 0.313 e. The van der Waals surface area contributed by atoms with Gasteiger partial charge in [-0.3, -0.25) is 0 Å². The highest BCUT2D eigenvalue weighted by atomic mass is 15.3. The maximum Gasteiger partial charge on any atom is 0.163 e. The van der Waals surface area contributed by atoms with E-state index in [0.29, 0.717) is 0 Å². The van der Waals surface area contributed by atoms with Gasteiger partial charge in [-0.2, -0.15) is 0 Å². The maximum atomic E-state index is 4.27. The molecule has 102 valence electrons. The smallest absolute Gasteiger partial charge is 0.163 e. The Bertz CT molecular complexity index is 547. The number of nitrogens with one attached hydrogen (secondary N) is 1. The molecule has 0 bridgehead atoms. The van der Waals surface area contributed by atoms with Crippen molar-refractivity contribution >= 4 is 0 Å². The minimum atomic E-state index is 0.176. The van der Waals surface area contributed by atoms with E-state index < -0.39 is 0 Å². The van der Waals surface area contributed by atoms with E-state index in [1.807, 2.05) is 18.7 Å². The highest BCUT2D eigenvalue weighted by Crippen LogP contribution is 2.25. The molecule has 4 nitrogen and oxygen atoms in total. The zero-order valence-corrected chi connectivity index (χ0v) is 12.4. The van der Waals surface area contributed by atoms with Crippen molar-refractivity contribution in [1.29, 1.82) is 0 Å². The Kier molecular flexibility index (Phi) is 3.71. The normalized spacial score (nSPS) is 11.8. The summed E-state index contributed by atoms with van der Waals surface area (Å²) in [6.07, 6.45) is 0. The van der Waals surface area contributed by atoms with Crippen molar-refractivity contribution in [2.45, 2.75) is 32.7 Å². The molecule has 0 saturated carbocycles. The van der Waals surface area contributed by atoms with Crippen LogP contribution in [0.3, 0.4) is 0 Å². The molecule has 0 unspecified atom stereocenters. The molecule has 0 aliphatic heterocycles. The Morgan fingerprint density at radius 2 is 1.74 bits per heavy atom. The topological polar surface area (TPSA) is 42.7 Å². The van der Waals surface area contributed by atoms with Crippen LogP contribution in [0.5, 0.6) is 0 Å². The van der Waals surface area contributed by atoms with Gasteiger partial charge in [-0.15, -0.1) is 10.2 Å². The van der Waals surface area contributed by atoms with E-state index >= 15 is 0 Å². The Morgan fingerprint density at radius 1 is 1.11 bits per heavy atom. The number of aromatic nitrogens is 3. The van der Waals surface area contributed by atoms with Gasteiger partial charge >= 0.3 is 0 Å². The quantitative estimate of drug-likeness (QED) is 0.920. The van der Waals surface area contributed by atoms with E-state index in [-0.39, 0.29) is 5.41 Å². The van der Waals surface area contributed by atoms with Gasteiger partial charge in [0.1, 0.15) is 5.82 Å². The third kappa shape index (κ3) is 2.84. The first-order valence-electron chi connectivity index (χ1n) is 6.57. The highest BCUT2D eigenvalue weighted by molar-refractivity contribution is 5.56. The van der Waals surface area contributed by atoms with Gasteiger partial charge in [0.05, 0.1) is 6.54 Å². The number of rotatable bonds is 3. The molecule has 1 N–H and O–H groups in total. The molecule has 1 aromatic heterocycles. The molecule has 2 aromatic rings. The van der Waals surface area contributed by atoms with Crippen LogP contribution >= 0.6 is 0 Å². The summed E-state index contributed by atoms with van der Waals surface area (Å²) in [5.41, 5.74) is 2.61. The lowest BCUT2D eigenvalue weighted by atomic mass is 9.87. The third-order valence-electron chi connectivity index (χ3n) is 3.31. The average Bonchev–Trinajstić information content (AvgIpc) is 2.71. The minimum Gasteiger partial charge on any atom is -0.313 e. The fourth-order valence-electron chi connectivity index (χ4n) is 2.04. The van der Waals surface area contributed by atoms with E-state index in [2.05, 4.69) is 60.6 Å². The Labute approximate surface area is 114 Å². The van der Waals surface area contributed by atoms with Crippen LogP contribution < -0.4 is 5.32 Å². The van der Waals surface area contributed by atoms with Crippen molar-refractivity contribution in [3.8, 4) is 11.4 Å². The number of nitrogens with zero attached hydrogens (tertiary/aromatic N) is 3. The second kappa shape index (κ2) is 5.13. The SMILES string of the molecule is CNCc1nnc(-c2ccc(C(C)(C)C)cc2)n1C. The van der Waals surface area contributed by atoms with Gasteiger partial charge in [0, 0.05) is 12.6 Å². The van der Waals surface area contributed by atoms with Gasteiger partial charge in [0.25, 0.3) is 0 Å². The van der Waals surface area contributed by atoms with Crippen LogP contribution in [0.4, 0.5) is 0 Å². The summed E-state index contributed by atoms with van der Waals surface area (Å²) >= 11 is 0. The molecule has 0 aliphatic rings. The molecular weight excluding hydrogens is 236 g/mol. The van der Waals surface area contributed by atoms with Gasteiger partial charge in [0.2, 0.25) is 0 Å². The first-order chi connectivity index (χ1) is 8.93. The molecule has 0 radical (unpaired) electrons. The molecule has 0 atom stereocenters. The molecule has 1 heterocycles. The predicted molar refractivity (Wildman–Crippen MR) is 77.9 cm³/mol. The first kappa shape index (κ1) is 13.7. The summed E-state index contributed by atoms with van der Waals surface area (Å²) in [5, 5.41) is 11.6. The monoisotopic (exact) mass is 258 g/mol.